The third kappa shape index (κ3) is 4.49. The van der Waals surface area contributed by atoms with Crippen LogP contribution >= 0.6 is 0 Å². The lowest BCUT2D eigenvalue weighted by molar-refractivity contribution is 0.340. The van der Waals surface area contributed by atoms with Crippen LogP contribution < -0.4 is 15.4 Å². The van der Waals surface area contributed by atoms with Crippen molar-refractivity contribution in [2.24, 2.45) is 0 Å². The van der Waals surface area contributed by atoms with E-state index in [0.29, 0.717) is 19.1 Å². The van der Waals surface area contributed by atoms with Gasteiger partial charge in [-0.3, -0.25) is 0 Å². The molecule has 0 atom stereocenters. The van der Waals surface area contributed by atoms with Gasteiger partial charge in [-0.05, 0) is 38.1 Å². The van der Waals surface area contributed by atoms with Gasteiger partial charge in [0.25, 0.3) is 0 Å². The van der Waals surface area contributed by atoms with Crippen molar-refractivity contribution >= 4 is 17.5 Å². The molecule has 21 heavy (non-hydrogen) atoms. The van der Waals surface area contributed by atoms with Crippen LogP contribution in [0, 0.1) is 6.92 Å². The van der Waals surface area contributed by atoms with E-state index in [1.54, 1.807) is 6.08 Å². The predicted octanol–water partition coefficient (Wildman–Crippen LogP) is 3.53. The van der Waals surface area contributed by atoms with Gasteiger partial charge >= 0.3 is 0 Å². The first-order valence-corrected chi connectivity index (χ1v) is 6.91. The quantitative estimate of drug-likeness (QED) is 0.762. The minimum absolute atomic E-state index is 0.561. The first-order valence-electron chi connectivity index (χ1n) is 6.91. The Morgan fingerprint density at radius 2 is 2.00 bits per heavy atom. The molecule has 0 radical (unpaired) electrons. The molecule has 2 aromatic rings. The van der Waals surface area contributed by atoms with Crippen molar-refractivity contribution in [3.63, 3.8) is 0 Å². The highest BCUT2D eigenvalue weighted by Crippen LogP contribution is 2.19. The number of nitrogens with one attached hydrogen (secondary N) is 2. The number of hydrogen-bond donors (Lipinski definition) is 2. The van der Waals surface area contributed by atoms with E-state index in [1.165, 1.54) is 0 Å². The van der Waals surface area contributed by atoms with E-state index >= 15 is 0 Å². The average molecular weight is 284 g/mol. The first kappa shape index (κ1) is 14.8. The van der Waals surface area contributed by atoms with Crippen LogP contribution in [0.3, 0.4) is 0 Å². The monoisotopic (exact) mass is 284 g/mol. The van der Waals surface area contributed by atoms with Crippen LogP contribution in [-0.4, -0.2) is 23.1 Å². The maximum absolute atomic E-state index is 5.42. The summed E-state index contributed by atoms with van der Waals surface area (Å²) in [6, 6.07) is 9.60. The third-order valence-electron chi connectivity index (χ3n) is 2.70. The summed E-state index contributed by atoms with van der Waals surface area (Å²) in [6.07, 6.45) is 1.79. The lowest BCUT2D eigenvalue weighted by Crippen LogP contribution is -2.05. The molecule has 1 aromatic heterocycles. The second kappa shape index (κ2) is 7.28. The van der Waals surface area contributed by atoms with Crippen molar-refractivity contribution in [2.45, 2.75) is 13.8 Å². The van der Waals surface area contributed by atoms with Crippen molar-refractivity contribution in [2.75, 3.05) is 23.8 Å². The van der Waals surface area contributed by atoms with Crippen molar-refractivity contribution < 1.29 is 4.74 Å². The molecule has 0 amide bonds. The van der Waals surface area contributed by atoms with E-state index in [2.05, 4.69) is 27.2 Å². The Hall–Kier alpha value is -2.56. The molecule has 110 valence electrons. The minimum Gasteiger partial charge on any atom is -0.494 e. The zero-order valence-corrected chi connectivity index (χ0v) is 12.4. The Balaban J connectivity index is 2.10. The number of ether oxygens (including phenoxy) is 1. The second-order valence-electron chi connectivity index (χ2n) is 4.47. The number of nitrogens with zero attached hydrogens (tertiary/aromatic N) is 2. The molecule has 1 heterocycles. The fraction of sp³-hybridized carbons (Fsp3) is 0.250. The van der Waals surface area contributed by atoms with Gasteiger partial charge in [-0.2, -0.15) is 4.98 Å². The van der Waals surface area contributed by atoms with Crippen LogP contribution in [0.25, 0.3) is 0 Å². The topological polar surface area (TPSA) is 59.1 Å². The summed E-state index contributed by atoms with van der Waals surface area (Å²) in [4.78, 5) is 8.79. The number of rotatable bonds is 7. The zero-order chi connectivity index (χ0) is 15.1. The summed E-state index contributed by atoms with van der Waals surface area (Å²) in [7, 11) is 0. The molecule has 0 saturated carbocycles. The normalized spacial score (nSPS) is 10.0. The molecule has 5 nitrogen and oxygen atoms in total. The Bertz CT molecular complexity index is 596. The number of aromatic nitrogens is 2. The zero-order valence-electron chi connectivity index (χ0n) is 12.4. The van der Waals surface area contributed by atoms with Crippen LogP contribution in [0.1, 0.15) is 12.6 Å². The van der Waals surface area contributed by atoms with Gasteiger partial charge in [0.15, 0.2) is 0 Å². The van der Waals surface area contributed by atoms with E-state index in [-0.39, 0.29) is 0 Å². The highest BCUT2D eigenvalue weighted by molar-refractivity contribution is 5.56. The summed E-state index contributed by atoms with van der Waals surface area (Å²) in [5.74, 6) is 2.18. The molecule has 5 heteroatoms. The Morgan fingerprint density at radius 1 is 1.24 bits per heavy atom. The lowest BCUT2D eigenvalue weighted by atomic mass is 10.3. The summed E-state index contributed by atoms with van der Waals surface area (Å²) < 4.78 is 5.42. The van der Waals surface area contributed by atoms with E-state index in [4.69, 9.17) is 4.74 Å². The van der Waals surface area contributed by atoms with E-state index in [0.717, 1.165) is 22.9 Å². The van der Waals surface area contributed by atoms with Crippen LogP contribution in [0.4, 0.5) is 17.5 Å². The molecule has 0 aliphatic carbocycles. The fourth-order valence-electron chi connectivity index (χ4n) is 1.82. The van der Waals surface area contributed by atoms with Gasteiger partial charge in [-0.15, -0.1) is 6.58 Å². The highest BCUT2D eigenvalue weighted by atomic mass is 16.5. The van der Waals surface area contributed by atoms with Crippen molar-refractivity contribution in [1.82, 2.24) is 9.97 Å². The van der Waals surface area contributed by atoms with Gasteiger partial charge in [-0.25, -0.2) is 4.98 Å². The standard InChI is InChI=1S/C16H20N4O/c1-4-10-17-15-11-12(3)18-16(20-15)19-13-6-8-14(9-7-13)21-5-2/h4,6-9,11H,1,5,10H2,2-3H3,(H2,17,18,19,20). The lowest BCUT2D eigenvalue weighted by Gasteiger charge is -2.09. The summed E-state index contributed by atoms with van der Waals surface area (Å²) in [5, 5.41) is 6.35. The molecule has 0 spiro atoms. The number of aryl methyl sites for hydroxylation is 1. The van der Waals surface area contributed by atoms with E-state index < -0.39 is 0 Å². The van der Waals surface area contributed by atoms with Gasteiger partial charge in [0.1, 0.15) is 11.6 Å². The molecule has 0 bridgehead atoms. The van der Waals surface area contributed by atoms with Gasteiger partial charge in [0, 0.05) is 24.0 Å². The van der Waals surface area contributed by atoms with E-state index in [1.807, 2.05) is 44.2 Å². The van der Waals surface area contributed by atoms with Crippen LogP contribution in [-0.2, 0) is 0 Å². The molecule has 2 rings (SSSR count). The minimum atomic E-state index is 0.561. The van der Waals surface area contributed by atoms with Crippen LogP contribution in [0.15, 0.2) is 43.0 Å². The van der Waals surface area contributed by atoms with Crippen LogP contribution in [0.5, 0.6) is 5.75 Å². The Labute approximate surface area is 125 Å². The second-order valence-corrected chi connectivity index (χ2v) is 4.47. The van der Waals surface area contributed by atoms with E-state index in [9.17, 15) is 0 Å². The summed E-state index contributed by atoms with van der Waals surface area (Å²) in [5.41, 5.74) is 1.81. The van der Waals surface area contributed by atoms with Crippen molar-refractivity contribution in [1.29, 1.82) is 0 Å². The van der Waals surface area contributed by atoms with Crippen molar-refractivity contribution in [3.05, 3.63) is 48.7 Å². The summed E-state index contributed by atoms with van der Waals surface area (Å²) in [6.45, 7) is 8.90. The third-order valence-corrected chi connectivity index (χ3v) is 2.70. The predicted molar refractivity (Wildman–Crippen MR) is 86.3 cm³/mol. The highest BCUT2D eigenvalue weighted by Gasteiger charge is 2.02. The molecule has 0 aliphatic rings. The number of hydrogen-bond acceptors (Lipinski definition) is 5. The SMILES string of the molecule is C=CCNc1cc(C)nc(Nc2ccc(OCC)cc2)n1. The number of benzene rings is 1. The Morgan fingerprint density at radius 3 is 2.67 bits per heavy atom. The van der Waals surface area contributed by atoms with Gasteiger partial charge in [0.05, 0.1) is 6.61 Å². The molecule has 0 saturated heterocycles. The molecule has 0 aliphatic heterocycles. The molecule has 2 N–H and O–H groups in total. The van der Waals surface area contributed by atoms with Gasteiger partial charge in [0.2, 0.25) is 5.95 Å². The molecular formula is C16H20N4O. The largest absolute Gasteiger partial charge is 0.494 e. The average Bonchev–Trinajstić information content (AvgIpc) is 2.47. The Kier molecular flexibility index (Phi) is 5.15. The van der Waals surface area contributed by atoms with Gasteiger partial charge in [-0.1, -0.05) is 6.08 Å². The van der Waals surface area contributed by atoms with Crippen molar-refractivity contribution in [3.8, 4) is 5.75 Å². The number of anilines is 3. The fourth-order valence-corrected chi connectivity index (χ4v) is 1.82. The summed E-state index contributed by atoms with van der Waals surface area (Å²) >= 11 is 0. The molecular weight excluding hydrogens is 264 g/mol. The molecule has 0 fully saturated rings. The first-order chi connectivity index (χ1) is 10.2. The maximum Gasteiger partial charge on any atom is 0.229 e. The van der Waals surface area contributed by atoms with Gasteiger partial charge < -0.3 is 15.4 Å². The maximum atomic E-state index is 5.42. The van der Waals surface area contributed by atoms with Crippen LogP contribution in [0.2, 0.25) is 0 Å². The molecule has 1 aromatic carbocycles. The molecule has 0 unspecified atom stereocenters. The smallest absolute Gasteiger partial charge is 0.229 e.